The van der Waals surface area contributed by atoms with Crippen molar-refractivity contribution in [3.05, 3.63) is 36.5 Å². The molecule has 2 fully saturated rings. The maximum atomic E-state index is 13.6. The van der Waals surface area contributed by atoms with Crippen molar-refractivity contribution in [1.29, 1.82) is 0 Å². The number of hydrogen-bond acceptors (Lipinski definition) is 11. The van der Waals surface area contributed by atoms with Crippen molar-refractivity contribution in [2.24, 2.45) is 53.3 Å². The molecular weight excluding hydrogens is 728 g/mol. The van der Waals surface area contributed by atoms with Crippen LogP contribution in [0, 0.1) is 53.3 Å². The lowest BCUT2D eigenvalue weighted by Gasteiger charge is -2.56. The SMILES string of the molecule is CC[C@@H]1/C=C/C=C/C[C@H](C)[C@@H](O)[C@](C)(O)C(=O)[C@H](C)[C@@H](O)[C@H](C)C(=O)[C@H](C)[C@@H](O)[C@H](C)C=CC(=O)OC2[C@@H](C)C(CC1)OC1(CC[C@@H](C)[C@@H](C[C@H](C)O)O1)[C@@H]2CC. The van der Waals surface area contributed by atoms with E-state index >= 15 is 0 Å². The van der Waals surface area contributed by atoms with Crippen LogP contribution in [0.15, 0.2) is 36.5 Å². The molecule has 3 aliphatic heterocycles. The Kier molecular flexibility index (Phi) is 18.4. The average molecular weight is 805 g/mol. The highest BCUT2D eigenvalue weighted by molar-refractivity contribution is 5.91. The van der Waals surface area contributed by atoms with Crippen molar-refractivity contribution in [2.45, 2.75) is 182 Å². The lowest BCUT2D eigenvalue weighted by molar-refractivity contribution is -0.374. The van der Waals surface area contributed by atoms with Crippen LogP contribution in [0.2, 0.25) is 0 Å². The molecule has 1 spiro atoms. The summed E-state index contributed by atoms with van der Waals surface area (Å²) < 4.78 is 20.3. The highest BCUT2D eigenvalue weighted by Gasteiger charge is 2.57. The van der Waals surface area contributed by atoms with E-state index in [1.54, 1.807) is 27.7 Å². The number of Topliss-reactive ketones (excluding diaryl/α,β-unsaturated/α-hetero) is 2. The van der Waals surface area contributed by atoms with Gasteiger partial charge < -0.3 is 39.7 Å². The largest absolute Gasteiger partial charge is 0.458 e. The molecule has 11 nitrogen and oxygen atoms in total. The molecule has 0 amide bonds. The van der Waals surface area contributed by atoms with Gasteiger partial charge in [-0.15, -0.1) is 0 Å². The predicted molar refractivity (Wildman–Crippen MR) is 220 cm³/mol. The molecule has 18 atom stereocenters. The van der Waals surface area contributed by atoms with Crippen molar-refractivity contribution in [1.82, 2.24) is 0 Å². The zero-order valence-corrected chi connectivity index (χ0v) is 36.5. The van der Waals surface area contributed by atoms with E-state index in [9.17, 15) is 39.9 Å². The van der Waals surface area contributed by atoms with E-state index in [2.05, 4.69) is 26.8 Å². The zero-order valence-electron chi connectivity index (χ0n) is 36.5. The van der Waals surface area contributed by atoms with Crippen LogP contribution in [0.25, 0.3) is 0 Å². The van der Waals surface area contributed by atoms with Crippen LogP contribution in [0.4, 0.5) is 0 Å². The molecule has 5 N–H and O–H groups in total. The van der Waals surface area contributed by atoms with Gasteiger partial charge in [0.05, 0.1) is 42.5 Å². The fourth-order valence-electron chi connectivity index (χ4n) is 9.37. The fraction of sp³-hybridized carbons (Fsp3) is 0.804. The molecule has 2 bridgehead atoms. The Morgan fingerprint density at radius 3 is 2.09 bits per heavy atom. The molecule has 326 valence electrons. The number of rotatable bonds is 4. The Bertz CT molecular complexity index is 1400. The van der Waals surface area contributed by atoms with Crippen LogP contribution in [0.1, 0.15) is 128 Å². The van der Waals surface area contributed by atoms with Gasteiger partial charge in [-0.25, -0.2) is 4.79 Å². The van der Waals surface area contributed by atoms with E-state index in [0.29, 0.717) is 32.1 Å². The van der Waals surface area contributed by atoms with Crippen LogP contribution in [-0.2, 0) is 28.6 Å². The third kappa shape index (κ3) is 12.0. The highest BCUT2D eigenvalue weighted by atomic mass is 16.7. The monoisotopic (exact) mass is 805 g/mol. The first-order valence-corrected chi connectivity index (χ1v) is 21.7. The fourth-order valence-corrected chi connectivity index (χ4v) is 9.37. The Morgan fingerprint density at radius 1 is 0.825 bits per heavy atom. The lowest BCUT2D eigenvalue weighted by Crippen LogP contribution is -2.63. The standard InChI is InChI=1S/C46H76O11/c1-12-34-18-16-14-15-17-28(5)43(52)45(11,54)44(53)33(10)41(51)32(9)40(50)31(8)39(49)27(4)19-22-38(48)55-42-30(7)36(21-20-34)56-46(35(42)13-2)24-23-26(3)37(57-46)25-29(6)47/h14-16,18-19,22,26-37,39,41-43,47,49,51-52,54H,12-13,17,20-21,23-25H2,1-11H3/b15-14+,18-16+,22-19?/t26-,27-,28+,29+,30+,31-,32-,33-,34-,35-,36?,37-,39+,41+,42?,43-,45+,46?/m1/s1. The summed E-state index contributed by atoms with van der Waals surface area (Å²) in [6, 6.07) is 0. The van der Waals surface area contributed by atoms with E-state index in [0.717, 1.165) is 19.3 Å². The van der Waals surface area contributed by atoms with Crippen molar-refractivity contribution in [3.63, 3.8) is 0 Å². The Balaban J connectivity index is 2.02. The van der Waals surface area contributed by atoms with Crippen molar-refractivity contribution < 1.29 is 54.1 Å². The number of carbonyl (C=O) groups is 3. The number of aliphatic hydroxyl groups is 5. The van der Waals surface area contributed by atoms with Crippen LogP contribution < -0.4 is 0 Å². The van der Waals surface area contributed by atoms with E-state index in [1.807, 2.05) is 25.2 Å². The number of aliphatic hydroxyl groups excluding tert-OH is 4. The second-order valence-corrected chi connectivity index (χ2v) is 18.2. The second kappa shape index (κ2) is 21.3. The molecule has 0 aliphatic carbocycles. The molecular formula is C46H76O11. The molecule has 0 aromatic heterocycles. The van der Waals surface area contributed by atoms with Crippen molar-refractivity contribution in [2.75, 3.05) is 0 Å². The molecule has 0 saturated carbocycles. The average Bonchev–Trinajstić information content (AvgIpc) is 3.17. The van der Waals surface area contributed by atoms with Crippen molar-refractivity contribution in [3.8, 4) is 0 Å². The van der Waals surface area contributed by atoms with Crippen LogP contribution in [0.5, 0.6) is 0 Å². The first-order valence-electron chi connectivity index (χ1n) is 21.7. The number of fused-ring (bicyclic) bond motifs is 2. The van der Waals surface area contributed by atoms with E-state index in [4.69, 9.17) is 14.2 Å². The van der Waals surface area contributed by atoms with Gasteiger partial charge >= 0.3 is 5.97 Å². The molecule has 0 aromatic rings. The number of ether oxygens (including phenoxy) is 3. The summed E-state index contributed by atoms with van der Waals surface area (Å²) >= 11 is 0. The normalized spacial score (nSPS) is 45.6. The van der Waals surface area contributed by atoms with E-state index in [1.165, 1.54) is 32.9 Å². The van der Waals surface area contributed by atoms with Gasteiger partial charge in [0.25, 0.3) is 0 Å². The smallest absolute Gasteiger partial charge is 0.330 e. The summed E-state index contributed by atoms with van der Waals surface area (Å²) in [5, 5.41) is 55.2. The molecule has 11 heteroatoms. The number of hydrogen-bond donors (Lipinski definition) is 5. The van der Waals surface area contributed by atoms with Gasteiger partial charge in [0.2, 0.25) is 0 Å². The van der Waals surface area contributed by atoms with E-state index in [-0.39, 0.29) is 35.9 Å². The molecule has 3 unspecified atom stereocenters. The summed E-state index contributed by atoms with van der Waals surface area (Å²) in [4.78, 5) is 40.7. The van der Waals surface area contributed by atoms with Gasteiger partial charge in [-0.3, -0.25) is 9.59 Å². The third-order valence-electron chi connectivity index (χ3n) is 13.6. The molecule has 0 aromatic carbocycles. The Labute approximate surface area is 342 Å². The molecule has 57 heavy (non-hydrogen) atoms. The Morgan fingerprint density at radius 2 is 1.47 bits per heavy atom. The topological polar surface area (TPSA) is 180 Å². The van der Waals surface area contributed by atoms with Gasteiger partial charge in [-0.1, -0.05) is 92.7 Å². The minimum atomic E-state index is -2.18. The number of ketones is 2. The van der Waals surface area contributed by atoms with E-state index < -0.39 is 89.0 Å². The summed E-state index contributed by atoms with van der Waals surface area (Å²) in [5.41, 5.74) is -2.18. The molecule has 3 heterocycles. The minimum absolute atomic E-state index is 0.163. The summed E-state index contributed by atoms with van der Waals surface area (Å²) in [6.45, 7) is 19.2. The summed E-state index contributed by atoms with van der Waals surface area (Å²) in [7, 11) is 0. The second-order valence-electron chi connectivity index (χ2n) is 18.2. The first-order chi connectivity index (χ1) is 26.6. The van der Waals surface area contributed by atoms with Gasteiger partial charge in [0, 0.05) is 42.1 Å². The van der Waals surface area contributed by atoms with Crippen LogP contribution in [-0.4, -0.2) is 97.2 Å². The minimum Gasteiger partial charge on any atom is -0.458 e. The van der Waals surface area contributed by atoms with Gasteiger partial charge in [0.15, 0.2) is 11.6 Å². The summed E-state index contributed by atoms with van der Waals surface area (Å²) in [5.74, 6) is -7.21. The first kappa shape index (κ1) is 49.1. The quantitative estimate of drug-likeness (QED) is 0.202. The molecule has 2 saturated heterocycles. The van der Waals surface area contributed by atoms with Gasteiger partial charge in [-0.2, -0.15) is 0 Å². The Hall–Kier alpha value is -2.25. The van der Waals surface area contributed by atoms with Gasteiger partial charge in [-0.05, 0) is 76.5 Å². The highest BCUT2D eigenvalue weighted by Crippen LogP contribution is 2.50. The maximum Gasteiger partial charge on any atom is 0.330 e. The number of carbonyl (C=O) groups excluding carboxylic acids is 3. The predicted octanol–water partition coefficient (Wildman–Crippen LogP) is 6.27. The van der Waals surface area contributed by atoms with Crippen LogP contribution >= 0.6 is 0 Å². The van der Waals surface area contributed by atoms with Gasteiger partial charge in [0.1, 0.15) is 17.5 Å². The maximum absolute atomic E-state index is 13.6. The molecule has 3 rings (SSSR count). The van der Waals surface area contributed by atoms with Crippen LogP contribution in [0.3, 0.4) is 0 Å². The molecule has 0 radical (unpaired) electrons. The number of allylic oxidation sites excluding steroid dienone is 4. The molecule has 3 aliphatic rings. The summed E-state index contributed by atoms with van der Waals surface area (Å²) in [6.07, 6.45) is 10.3. The number of esters is 1. The third-order valence-corrected chi connectivity index (χ3v) is 13.6. The lowest BCUT2D eigenvalue weighted by atomic mass is 9.73. The van der Waals surface area contributed by atoms with Crippen molar-refractivity contribution >= 4 is 17.5 Å². The zero-order chi connectivity index (χ0) is 43.0.